The highest BCUT2D eigenvalue weighted by Gasteiger charge is 2.27. The van der Waals surface area contributed by atoms with Crippen molar-refractivity contribution in [3.63, 3.8) is 0 Å². The highest BCUT2D eigenvalue weighted by atomic mass is 16.5. The van der Waals surface area contributed by atoms with Gasteiger partial charge in [0.1, 0.15) is 0 Å². The molecule has 2 fully saturated rings. The Balaban J connectivity index is 1.70. The highest BCUT2D eigenvalue weighted by molar-refractivity contribution is 4.84. The van der Waals surface area contributed by atoms with Gasteiger partial charge in [0.2, 0.25) is 0 Å². The second-order valence-corrected chi connectivity index (χ2v) is 6.13. The molecule has 0 bridgehead atoms. The van der Waals surface area contributed by atoms with E-state index in [9.17, 15) is 0 Å². The van der Waals surface area contributed by atoms with E-state index >= 15 is 0 Å². The summed E-state index contributed by atoms with van der Waals surface area (Å²) in [7, 11) is 2.30. The number of nitrogens with one attached hydrogen (secondary N) is 1. The van der Waals surface area contributed by atoms with Crippen LogP contribution in [0.4, 0.5) is 0 Å². The second-order valence-electron chi connectivity index (χ2n) is 6.13. The number of ether oxygens (including phenoxy) is 1. The molecule has 1 heterocycles. The minimum absolute atomic E-state index is 0.770. The predicted molar refractivity (Wildman–Crippen MR) is 75.8 cm³/mol. The van der Waals surface area contributed by atoms with Crippen molar-refractivity contribution in [1.82, 2.24) is 10.2 Å². The van der Waals surface area contributed by atoms with Crippen molar-refractivity contribution in [3.8, 4) is 0 Å². The molecule has 1 saturated carbocycles. The van der Waals surface area contributed by atoms with E-state index in [0.717, 1.165) is 37.6 Å². The van der Waals surface area contributed by atoms with Crippen LogP contribution >= 0.6 is 0 Å². The van der Waals surface area contributed by atoms with Crippen molar-refractivity contribution in [3.05, 3.63) is 0 Å². The molecule has 0 amide bonds. The van der Waals surface area contributed by atoms with Crippen molar-refractivity contribution in [2.24, 2.45) is 11.8 Å². The van der Waals surface area contributed by atoms with E-state index in [-0.39, 0.29) is 0 Å². The van der Waals surface area contributed by atoms with Crippen molar-refractivity contribution in [1.29, 1.82) is 0 Å². The lowest BCUT2D eigenvalue weighted by Gasteiger charge is -2.30. The molecule has 2 atom stereocenters. The summed E-state index contributed by atoms with van der Waals surface area (Å²) in [4.78, 5) is 2.57. The van der Waals surface area contributed by atoms with E-state index in [0.29, 0.717) is 0 Å². The Labute approximate surface area is 112 Å². The zero-order valence-corrected chi connectivity index (χ0v) is 12.2. The van der Waals surface area contributed by atoms with Crippen molar-refractivity contribution in [2.75, 3.05) is 39.9 Å². The topological polar surface area (TPSA) is 24.5 Å². The van der Waals surface area contributed by atoms with Gasteiger partial charge in [-0.2, -0.15) is 0 Å². The largest absolute Gasteiger partial charge is 0.381 e. The van der Waals surface area contributed by atoms with Crippen molar-refractivity contribution in [2.45, 2.75) is 45.1 Å². The maximum atomic E-state index is 5.44. The van der Waals surface area contributed by atoms with Gasteiger partial charge in [0.05, 0.1) is 0 Å². The number of nitrogens with zero attached hydrogens (tertiary/aromatic N) is 1. The van der Waals surface area contributed by atoms with Crippen LogP contribution in [-0.2, 0) is 4.74 Å². The molecule has 18 heavy (non-hydrogen) atoms. The molecule has 0 aromatic heterocycles. The first-order valence-corrected chi connectivity index (χ1v) is 7.79. The third-order valence-corrected chi connectivity index (χ3v) is 4.58. The number of hydrogen-bond donors (Lipinski definition) is 1. The molecule has 1 saturated heterocycles. The summed E-state index contributed by atoms with van der Waals surface area (Å²) in [6.45, 7) is 7.82. The van der Waals surface area contributed by atoms with Gasteiger partial charge in [0.25, 0.3) is 0 Å². The molecule has 3 nitrogen and oxygen atoms in total. The average molecular weight is 254 g/mol. The predicted octanol–water partition coefficient (Wildman–Crippen LogP) is 2.12. The van der Waals surface area contributed by atoms with E-state index < -0.39 is 0 Å². The minimum Gasteiger partial charge on any atom is -0.381 e. The lowest BCUT2D eigenvalue weighted by molar-refractivity contribution is 0.0536. The number of rotatable bonds is 6. The van der Waals surface area contributed by atoms with E-state index in [1.54, 1.807) is 0 Å². The van der Waals surface area contributed by atoms with Crippen molar-refractivity contribution >= 4 is 0 Å². The van der Waals surface area contributed by atoms with Gasteiger partial charge in [-0.05, 0) is 51.1 Å². The molecule has 2 aliphatic rings. The van der Waals surface area contributed by atoms with E-state index in [2.05, 4.69) is 24.2 Å². The molecule has 0 radical (unpaired) electrons. The molecule has 1 aliphatic carbocycles. The van der Waals surface area contributed by atoms with Crippen LogP contribution in [0.3, 0.4) is 0 Å². The molecule has 3 heteroatoms. The third-order valence-electron chi connectivity index (χ3n) is 4.58. The van der Waals surface area contributed by atoms with Gasteiger partial charge in [-0.25, -0.2) is 0 Å². The summed E-state index contributed by atoms with van der Waals surface area (Å²) in [6, 6.07) is 0.770. The Hall–Kier alpha value is -0.120. The van der Waals surface area contributed by atoms with Crippen LogP contribution in [0.5, 0.6) is 0 Å². The molecule has 0 aromatic carbocycles. The fraction of sp³-hybridized carbons (Fsp3) is 1.00. The molecule has 1 aliphatic heterocycles. The Kier molecular flexibility index (Phi) is 5.93. The van der Waals surface area contributed by atoms with E-state index in [1.165, 1.54) is 45.2 Å². The smallest absolute Gasteiger partial charge is 0.0469 e. The molecule has 1 N–H and O–H groups in total. The van der Waals surface area contributed by atoms with Gasteiger partial charge < -0.3 is 15.0 Å². The first-order valence-electron chi connectivity index (χ1n) is 7.79. The van der Waals surface area contributed by atoms with Gasteiger partial charge in [-0.3, -0.25) is 0 Å². The average Bonchev–Trinajstić information content (AvgIpc) is 2.78. The summed E-state index contributed by atoms with van der Waals surface area (Å²) in [5, 5.41) is 3.66. The molecule has 2 unspecified atom stereocenters. The maximum absolute atomic E-state index is 5.44. The monoisotopic (exact) mass is 254 g/mol. The first-order chi connectivity index (χ1) is 8.79. The molecular formula is C15H30N2O. The minimum atomic E-state index is 0.770. The molecule has 0 aromatic rings. The highest BCUT2D eigenvalue weighted by Crippen LogP contribution is 2.27. The summed E-state index contributed by atoms with van der Waals surface area (Å²) in [5.41, 5.74) is 0. The summed E-state index contributed by atoms with van der Waals surface area (Å²) < 4.78 is 5.44. The van der Waals surface area contributed by atoms with Crippen LogP contribution in [-0.4, -0.2) is 50.8 Å². The molecule has 106 valence electrons. The van der Waals surface area contributed by atoms with Crippen LogP contribution in [0.15, 0.2) is 0 Å². The Morgan fingerprint density at radius 3 is 2.61 bits per heavy atom. The first kappa shape index (κ1) is 14.3. The van der Waals surface area contributed by atoms with Crippen LogP contribution < -0.4 is 5.32 Å². The Morgan fingerprint density at radius 1 is 1.11 bits per heavy atom. The number of hydrogen-bond acceptors (Lipinski definition) is 3. The normalized spacial score (nSPS) is 30.2. The lowest BCUT2D eigenvalue weighted by atomic mass is 9.98. The molecular weight excluding hydrogens is 224 g/mol. The fourth-order valence-electron chi connectivity index (χ4n) is 3.63. The van der Waals surface area contributed by atoms with Crippen LogP contribution in [0.1, 0.15) is 39.0 Å². The van der Waals surface area contributed by atoms with Crippen LogP contribution in [0.25, 0.3) is 0 Å². The summed E-state index contributed by atoms with van der Waals surface area (Å²) >= 11 is 0. The second kappa shape index (κ2) is 7.46. The summed E-state index contributed by atoms with van der Waals surface area (Å²) in [6.07, 6.45) is 6.71. The zero-order valence-electron chi connectivity index (χ0n) is 12.2. The Morgan fingerprint density at radius 2 is 1.89 bits per heavy atom. The third kappa shape index (κ3) is 4.22. The van der Waals surface area contributed by atoms with Crippen LogP contribution in [0.2, 0.25) is 0 Å². The SMILES string of the molecule is CCNC1CCCC1CN(C)CC1CCOCC1. The molecule has 2 rings (SSSR count). The van der Waals surface area contributed by atoms with Crippen molar-refractivity contribution < 1.29 is 4.74 Å². The maximum Gasteiger partial charge on any atom is 0.0469 e. The van der Waals surface area contributed by atoms with Gasteiger partial charge in [-0.15, -0.1) is 0 Å². The fourth-order valence-corrected chi connectivity index (χ4v) is 3.63. The quantitative estimate of drug-likeness (QED) is 0.786. The lowest BCUT2D eigenvalue weighted by Crippen LogP contribution is -2.40. The Bertz CT molecular complexity index is 229. The zero-order chi connectivity index (χ0) is 12.8. The van der Waals surface area contributed by atoms with Gasteiger partial charge in [0.15, 0.2) is 0 Å². The van der Waals surface area contributed by atoms with E-state index in [4.69, 9.17) is 4.74 Å². The van der Waals surface area contributed by atoms with Crippen LogP contribution in [0, 0.1) is 11.8 Å². The molecule has 0 spiro atoms. The van der Waals surface area contributed by atoms with Gasteiger partial charge in [-0.1, -0.05) is 13.3 Å². The van der Waals surface area contributed by atoms with Gasteiger partial charge in [0, 0.05) is 32.3 Å². The summed E-state index contributed by atoms with van der Waals surface area (Å²) in [5.74, 6) is 1.73. The van der Waals surface area contributed by atoms with Gasteiger partial charge >= 0.3 is 0 Å². The van der Waals surface area contributed by atoms with E-state index in [1.807, 2.05) is 0 Å². The standard InChI is InChI=1S/C15H30N2O/c1-3-16-15-6-4-5-14(15)12-17(2)11-13-7-9-18-10-8-13/h13-16H,3-12H2,1-2H3.